The van der Waals surface area contributed by atoms with Gasteiger partial charge in [0.25, 0.3) is 5.69 Å². The number of nitrogens with zero attached hydrogens (tertiary/aromatic N) is 3. The number of non-ortho nitro benzene ring substituents is 1. The van der Waals surface area contributed by atoms with Crippen LogP contribution in [0.3, 0.4) is 0 Å². The van der Waals surface area contributed by atoms with Crippen molar-refractivity contribution >= 4 is 17.1 Å². The molecule has 1 fully saturated rings. The van der Waals surface area contributed by atoms with Crippen molar-refractivity contribution in [2.75, 3.05) is 50.0 Å². The van der Waals surface area contributed by atoms with E-state index in [1.165, 1.54) is 0 Å². The Balaban J connectivity index is 2.22. The highest BCUT2D eigenvalue weighted by atomic mass is 16.6. The molecule has 1 aliphatic heterocycles. The molecule has 0 aromatic heterocycles. The molecule has 1 heterocycles. The number of benzene rings is 1. The summed E-state index contributed by atoms with van der Waals surface area (Å²) in [5.41, 5.74) is 1.92. The minimum absolute atomic E-state index is 0.153. The number of nitro groups is 1. The van der Waals surface area contributed by atoms with Crippen LogP contribution in [0.1, 0.15) is 13.3 Å². The predicted octanol–water partition coefficient (Wildman–Crippen LogP) is 2.17. The highest BCUT2D eigenvalue weighted by Gasteiger charge is 2.18. The molecule has 0 radical (unpaired) electrons. The molecule has 0 spiro atoms. The third-order valence-electron chi connectivity index (χ3n) is 3.56. The van der Waals surface area contributed by atoms with Gasteiger partial charge in [0.15, 0.2) is 0 Å². The van der Waals surface area contributed by atoms with Crippen molar-refractivity contribution in [1.82, 2.24) is 4.90 Å². The Kier molecular flexibility index (Phi) is 4.79. The van der Waals surface area contributed by atoms with E-state index < -0.39 is 0 Å². The molecule has 2 rings (SSSR count). The van der Waals surface area contributed by atoms with Crippen molar-refractivity contribution in [3.63, 3.8) is 0 Å². The number of rotatable bonds is 5. The molecule has 0 unspecified atom stereocenters. The lowest BCUT2D eigenvalue weighted by Gasteiger charge is -2.34. The molecule has 0 saturated carbocycles. The lowest BCUT2D eigenvalue weighted by molar-refractivity contribution is -0.384. The molecule has 6 nitrogen and oxygen atoms in total. The van der Waals surface area contributed by atoms with E-state index in [1.807, 2.05) is 6.07 Å². The average Bonchev–Trinajstić information content (AvgIpc) is 2.45. The summed E-state index contributed by atoms with van der Waals surface area (Å²) in [7, 11) is 2.10. The van der Waals surface area contributed by atoms with Gasteiger partial charge >= 0.3 is 0 Å². The molecule has 1 aliphatic rings. The molecule has 6 heteroatoms. The van der Waals surface area contributed by atoms with Crippen LogP contribution in [0.5, 0.6) is 0 Å². The molecule has 1 saturated heterocycles. The van der Waals surface area contributed by atoms with Gasteiger partial charge < -0.3 is 15.1 Å². The van der Waals surface area contributed by atoms with Crippen LogP contribution in [0.4, 0.5) is 17.1 Å². The van der Waals surface area contributed by atoms with E-state index in [2.05, 4.69) is 29.1 Å². The Morgan fingerprint density at radius 1 is 1.25 bits per heavy atom. The normalized spacial score (nSPS) is 16.2. The maximum atomic E-state index is 11.1. The Hall–Kier alpha value is -1.82. The fourth-order valence-corrected chi connectivity index (χ4v) is 2.32. The molecule has 0 aliphatic carbocycles. The zero-order valence-electron chi connectivity index (χ0n) is 12.1. The lowest BCUT2D eigenvalue weighted by Crippen LogP contribution is -2.44. The first-order valence-electron chi connectivity index (χ1n) is 7.07. The maximum Gasteiger partial charge on any atom is 0.273 e. The Labute approximate surface area is 119 Å². The van der Waals surface area contributed by atoms with E-state index in [1.54, 1.807) is 12.1 Å². The molecule has 1 N–H and O–H groups in total. The number of likely N-dealkylation sites (N-methyl/N-ethyl adjacent to an activating group) is 1. The molecule has 0 bridgehead atoms. The molecule has 20 heavy (non-hydrogen) atoms. The van der Waals surface area contributed by atoms with E-state index in [0.29, 0.717) is 0 Å². The quantitative estimate of drug-likeness (QED) is 0.660. The third-order valence-corrected chi connectivity index (χ3v) is 3.56. The smallest absolute Gasteiger partial charge is 0.273 e. The SMILES string of the molecule is CCCNc1cc(N2CCN(C)CC2)cc([N+](=O)[O-])c1. The zero-order valence-corrected chi connectivity index (χ0v) is 12.1. The minimum Gasteiger partial charge on any atom is -0.385 e. The van der Waals surface area contributed by atoms with Crippen LogP contribution in [-0.4, -0.2) is 49.6 Å². The van der Waals surface area contributed by atoms with Gasteiger partial charge in [-0.1, -0.05) is 6.92 Å². The topological polar surface area (TPSA) is 61.6 Å². The largest absolute Gasteiger partial charge is 0.385 e. The van der Waals surface area contributed by atoms with Crippen LogP contribution in [-0.2, 0) is 0 Å². The molecule has 0 amide bonds. The van der Waals surface area contributed by atoms with Gasteiger partial charge in [0, 0.05) is 56.2 Å². The van der Waals surface area contributed by atoms with Crippen LogP contribution in [0.2, 0.25) is 0 Å². The summed E-state index contributed by atoms with van der Waals surface area (Å²) in [6.45, 7) is 6.69. The van der Waals surface area contributed by atoms with Crippen molar-refractivity contribution in [3.05, 3.63) is 28.3 Å². The molecule has 1 aromatic carbocycles. The van der Waals surface area contributed by atoms with E-state index >= 15 is 0 Å². The number of anilines is 2. The number of piperazine rings is 1. The predicted molar refractivity (Wildman–Crippen MR) is 81.6 cm³/mol. The summed E-state index contributed by atoms with van der Waals surface area (Å²) in [5.74, 6) is 0. The van der Waals surface area contributed by atoms with Crippen LogP contribution >= 0.6 is 0 Å². The van der Waals surface area contributed by atoms with Crippen LogP contribution in [0, 0.1) is 10.1 Å². The summed E-state index contributed by atoms with van der Waals surface area (Å²) in [4.78, 5) is 15.2. The first kappa shape index (κ1) is 14.6. The minimum atomic E-state index is -0.323. The second-order valence-electron chi connectivity index (χ2n) is 5.21. The summed E-state index contributed by atoms with van der Waals surface area (Å²) in [6.07, 6.45) is 0.993. The summed E-state index contributed by atoms with van der Waals surface area (Å²) in [6, 6.07) is 5.28. The fourth-order valence-electron chi connectivity index (χ4n) is 2.32. The second-order valence-corrected chi connectivity index (χ2v) is 5.21. The monoisotopic (exact) mass is 278 g/mol. The molecular weight excluding hydrogens is 256 g/mol. The Bertz CT molecular complexity index is 470. The van der Waals surface area contributed by atoms with Crippen molar-refractivity contribution in [1.29, 1.82) is 0 Å². The van der Waals surface area contributed by atoms with E-state index in [9.17, 15) is 10.1 Å². The zero-order chi connectivity index (χ0) is 14.5. The Morgan fingerprint density at radius 2 is 1.95 bits per heavy atom. The first-order valence-corrected chi connectivity index (χ1v) is 7.07. The summed E-state index contributed by atoms with van der Waals surface area (Å²) in [5, 5.41) is 14.3. The number of nitro benzene ring substituents is 1. The van der Waals surface area contributed by atoms with E-state index in [0.717, 1.165) is 50.5 Å². The summed E-state index contributed by atoms with van der Waals surface area (Å²) >= 11 is 0. The van der Waals surface area contributed by atoms with Crippen molar-refractivity contribution in [2.24, 2.45) is 0 Å². The van der Waals surface area contributed by atoms with Crippen molar-refractivity contribution in [2.45, 2.75) is 13.3 Å². The highest BCUT2D eigenvalue weighted by molar-refractivity contribution is 5.64. The van der Waals surface area contributed by atoms with Crippen LogP contribution < -0.4 is 10.2 Å². The third kappa shape index (κ3) is 3.60. The lowest BCUT2D eigenvalue weighted by atomic mass is 10.2. The first-order chi connectivity index (χ1) is 9.60. The van der Waals surface area contributed by atoms with Gasteiger partial charge in [-0.05, 0) is 19.5 Å². The van der Waals surface area contributed by atoms with Crippen molar-refractivity contribution < 1.29 is 4.92 Å². The second kappa shape index (κ2) is 6.56. The molecule has 1 aromatic rings. The highest BCUT2D eigenvalue weighted by Crippen LogP contribution is 2.27. The number of nitrogens with one attached hydrogen (secondary N) is 1. The van der Waals surface area contributed by atoms with Gasteiger partial charge in [0.05, 0.1) is 4.92 Å². The maximum absolute atomic E-state index is 11.1. The number of hydrogen-bond acceptors (Lipinski definition) is 5. The standard InChI is InChI=1S/C14H22N4O2/c1-3-4-15-12-9-13(11-14(10-12)18(19)20)17-7-5-16(2)6-8-17/h9-11,15H,3-8H2,1-2H3. The van der Waals surface area contributed by atoms with Crippen molar-refractivity contribution in [3.8, 4) is 0 Å². The van der Waals surface area contributed by atoms with Gasteiger partial charge in [-0.2, -0.15) is 0 Å². The Morgan fingerprint density at radius 3 is 2.55 bits per heavy atom. The van der Waals surface area contributed by atoms with E-state index in [-0.39, 0.29) is 10.6 Å². The molecule has 0 atom stereocenters. The number of hydrogen-bond donors (Lipinski definition) is 1. The van der Waals surface area contributed by atoms with Crippen LogP contribution in [0.25, 0.3) is 0 Å². The average molecular weight is 278 g/mol. The molecular formula is C14H22N4O2. The van der Waals surface area contributed by atoms with Crippen LogP contribution in [0.15, 0.2) is 18.2 Å². The fraction of sp³-hybridized carbons (Fsp3) is 0.571. The summed E-state index contributed by atoms with van der Waals surface area (Å²) < 4.78 is 0. The van der Waals surface area contributed by atoms with Gasteiger partial charge in [-0.25, -0.2) is 0 Å². The van der Waals surface area contributed by atoms with Gasteiger partial charge in [0.2, 0.25) is 0 Å². The van der Waals surface area contributed by atoms with E-state index in [4.69, 9.17) is 0 Å². The van der Waals surface area contributed by atoms with Gasteiger partial charge in [-0.3, -0.25) is 10.1 Å². The van der Waals surface area contributed by atoms with Gasteiger partial charge in [0.1, 0.15) is 0 Å². The van der Waals surface area contributed by atoms with Gasteiger partial charge in [-0.15, -0.1) is 0 Å². The molecule has 110 valence electrons.